The summed E-state index contributed by atoms with van der Waals surface area (Å²) in [6.07, 6.45) is 0. The number of nitrogen functional groups attached to an aromatic ring is 1. The van der Waals surface area contributed by atoms with E-state index in [9.17, 15) is 0 Å². The average Bonchev–Trinajstić information content (AvgIpc) is 2.55. The van der Waals surface area contributed by atoms with Crippen LogP contribution in [0, 0.1) is 0 Å². The molecule has 0 aliphatic carbocycles. The van der Waals surface area contributed by atoms with Crippen LogP contribution in [0.2, 0.25) is 5.28 Å². The fraction of sp³-hybridized carbons (Fsp3) is 0.500. The summed E-state index contributed by atoms with van der Waals surface area (Å²) in [4.78, 5) is 7.82. The molecule has 0 bridgehead atoms. The zero-order valence-electron chi connectivity index (χ0n) is 12.2. The van der Waals surface area contributed by atoms with Crippen molar-refractivity contribution in [1.82, 2.24) is 19.7 Å². The van der Waals surface area contributed by atoms with Gasteiger partial charge in [0.1, 0.15) is 5.82 Å². The monoisotopic (exact) mass is 242 g/mol. The molecule has 2 rings (SSSR count). The Balaban J connectivity index is 2.94. The number of fused-ring (bicyclic) bond motifs is 1. The Bertz CT molecular complexity index is 641. The lowest BCUT2D eigenvalue weighted by molar-refractivity contribution is 0.558. The molecule has 86 valence electrons. The van der Waals surface area contributed by atoms with Crippen LogP contribution in [0.1, 0.15) is 30.6 Å². The molecule has 0 radical (unpaired) electrons. The number of halogens is 1. The summed E-state index contributed by atoms with van der Waals surface area (Å²) < 4.78 is 23.4. The summed E-state index contributed by atoms with van der Waals surface area (Å²) in [6, 6.07) is 0. The average molecular weight is 243 g/mol. The summed E-state index contributed by atoms with van der Waals surface area (Å²) in [7, 11) is 0. The molecular formula is C10H14ClN5. The molecule has 0 amide bonds. The highest BCUT2D eigenvalue weighted by Gasteiger charge is 2.24. The molecule has 6 heteroatoms. The van der Waals surface area contributed by atoms with Gasteiger partial charge >= 0.3 is 0 Å². The third-order valence-electron chi connectivity index (χ3n) is 2.24. The normalized spacial score (nSPS) is 15.9. The van der Waals surface area contributed by atoms with Crippen LogP contribution in [0.4, 0.5) is 5.82 Å². The molecule has 0 fully saturated rings. The summed E-state index contributed by atoms with van der Waals surface area (Å²) >= 11 is 5.74. The Hall–Kier alpha value is -1.36. The molecule has 5 nitrogen and oxygen atoms in total. The minimum absolute atomic E-state index is 0.101. The predicted molar refractivity (Wildman–Crippen MR) is 64.4 cm³/mol. The van der Waals surface area contributed by atoms with E-state index in [0.717, 1.165) is 4.68 Å². The second-order valence-corrected chi connectivity index (χ2v) is 4.92. The van der Waals surface area contributed by atoms with Crippen molar-refractivity contribution >= 4 is 28.5 Å². The van der Waals surface area contributed by atoms with Gasteiger partial charge in [0.25, 0.3) is 0 Å². The van der Waals surface area contributed by atoms with Crippen LogP contribution in [-0.4, -0.2) is 19.7 Å². The fourth-order valence-corrected chi connectivity index (χ4v) is 1.71. The van der Waals surface area contributed by atoms with Crippen molar-refractivity contribution in [1.29, 1.82) is 0 Å². The number of rotatable bonds is 0. The minimum atomic E-state index is -2.45. The van der Waals surface area contributed by atoms with Crippen molar-refractivity contribution in [2.75, 3.05) is 5.73 Å². The zero-order chi connectivity index (χ0) is 14.6. The van der Waals surface area contributed by atoms with Gasteiger partial charge < -0.3 is 5.73 Å². The van der Waals surface area contributed by atoms with E-state index in [1.807, 2.05) is 20.8 Å². The molecule has 2 aromatic heterocycles. The van der Waals surface area contributed by atoms with Gasteiger partial charge in [-0.3, -0.25) is 0 Å². The van der Waals surface area contributed by atoms with Crippen LogP contribution < -0.4 is 5.73 Å². The molecule has 0 aliphatic heterocycles. The Labute approximate surface area is 103 Å². The number of hydrogen-bond donors (Lipinski definition) is 1. The highest BCUT2D eigenvalue weighted by molar-refractivity contribution is 6.28. The fourth-order valence-electron chi connectivity index (χ4n) is 1.54. The van der Waals surface area contributed by atoms with Gasteiger partial charge in [0.05, 0.1) is 11.1 Å². The Kier molecular flexibility index (Phi) is 1.62. The first kappa shape index (κ1) is 7.84. The molecule has 16 heavy (non-hydrogen) atoms. The van der Waals surface area contributed by atoms with Crippen LogP contribution >= 0.6 is 11.6 Å². The molecule has 0 saturated heterocycles. The Morgan fingerprint density at radius 3 is 2.62 bits per heavy atom. The lowest BCUT2D eigenvalue weighted by Crippen LogP contribution is -2.13. The largest absolute Gasteiger partial charge is 0.383 e. The van der Waals surface area contributed by atoms with E-state index in [4.69, 9.17) is 21.4 Å². The van der Waals surface area contributed by atoms with Crippen LogP contribution in [-0.2, 0) is 12.4 Å². The van der Waals surface area contributed by atoms with Gasteiger partial charge in [-0.2, -0.15) is 10.1 Å². The van der Waals surface area contributed by atoms with Gasteiger partial charge in [0, 0.05) is 16.5 Å². The van der Waals surface area contributed by atoms with E-state index >= 15 is 0 Å². The summed E-state index contributed by atoms with van der Waals surface area (Å²) in [5, 5.41) is 4.48. The highest BCUT2D eigenvalue weighted by atomic mass is 35.5. The molecule has 0 atom stereocenters. The first-order valence-electron chi connectivity index (χ1n) is 6.24. The predicted octanol–water partition coefficient (Wildman–Crippen LogP) is 1.90. The molecule has 2 heterocycles. The standard InChI is InChI=1S/C10H14ClN5/c1-10(2,3)6-5-7(12)13-9(11)14-8(5)16(4)15-6/h1-4H3,(H2,12,13,14)/i4D3. The SMILES string of the molecule is [2H]C([2H])([2H])n1nc(C(C)(C)C)c2c(N)nc(Cl)nc21. The molecule has 2 aromatic rings. The molecule has 0 spiro atoms. The maximum Gasteiger partial charge on any atom is 0.226 e. The van der Waals surface area contributed by atoms with Crippen molar-refractivity contribution in [2.24, 2.45) is 6.98 Å². The van der Waals surface area contributed by atoms with Gasteiger partial charge in [0.2, 0.25) is 5.28 Å². The molecule has 0 saturated carbocycles. The van der Waals surface area contributed by atoms with Crippen LogP contribution in [0.15, 0.2) is 0 Å². The molecule has 0 aliphatic rings. The molecule has 2 N–H and O–H groups in total. The second kappa shape index (κ2) is 3.31. The summed E-state index contributed by atoms with van der Waals surface area (Å²) in [5.74, 6) is 0.135. The van der Waals surface area contributed by atoms with Gasteiger partial charge in [-0.15, -0.1) is 0 Å². The van der Waals surface area contributed by atoms with E-state index < -0.39 is 6.98 Å². The first-order valence-corrected chi connectivity index (χ1v) is 5.12. The van der Waals surface area contributed by atoms with Crippen LogP contribution in [0.25, 0.3) is 11.0 Å². The van der Waals surface area contributed by atoms with E-state index in [1.54, 1.807) is 0 Å². The van der Waals surface area contributed by atoms with E-state index in [0.29, 0.717) is 11.1 Å². The lowest BCUT2D eigenvalue weighted by Gasteiger charge is -2.15. The Morgan fingerprint density at radius 1 is 1.38 bits per heavy atom. The number of aryl methyl sites for hydroxylation is 1. The van der Waals surface area contributed by atoms with Crippen LogP contribution in [0.3, 0.4) is 0 Å². The molecule has 0 unspecified atom stereocenters. The minimum Gasteiger partial charge on any atom is -0.383 e. The van der Waals surface area contributed by atoms with E-state index in [1.165, 1.54) is 0 Å². The number of nitrogens with two attached hydrogens (primary N) is 1. The number of aromatic nitrogens is 4. The maximum absolute atomic E-state index is 7.50. The second-order valence-electron chi connectivity index (χ2n) is 4.59. The van der Waals surface area contributed by atoms with Crippen LogP contribution in [0.5, 0.6) is 0 Å². The first-order chi connectivity index (χ1) is 8.51. The number of hydrogen-bond acceptors (Lipinski definition) is 4. The van der Waals surface area contributed by atoms with Gasteiger partial charge in [-0.1, -0.05) is 20.8 Å². The van der Waals surface area contributed by atoms with E-state index in [2.05, 4.69) is 15.1 Å². The van der Waals surface area contributed by atoms with Crippen molar-refractivity contribution in [2.45, 2.75) is 26.2 Å². The van der Waals surface area contributed by atoms with Gasteiger partial charge in [0.15, 0.2) is 5.65 Å². The van der Waals surface area contributed by atoms with Crippen molar-refractivity contribution < 1.29 is 4.11 Å². The number of nitrogens with zero attached hydrogens (tertiary/aromatic N) is 4. The molecular weight excluding hydrogens is 226 g/mol. The Morgan fingerprint density at radius 2 is 2.06 bits per heavy atom. The van der Waals surface area contributed by atoms with E-state index in [-0.39, 0.29) is 22.2 Å². The number of anilines is 1. The summed E-state index contributed by atoms with van der Waals surface area (Å²) in [5.41, 5.74) is 6.11. The van der Waals surface area contributed by atoms with Gasteiger partial charge in [-0.05, 0) is 11.6 Å². The highest BCUT2D eigenvalue weighted by Crippen LogP contribution is 2.31. The maximum atomic E-state index is 7.50. The third-order valence-corrected chi connectivity index (χ3v) is 2.41. The quantitative estimate of drug-likeness (QED) is 0.717. The van der Waals surface area contributed by atoms with Crippen molar-refractivity contribution in [3.63, 3.8) is 0 Å². The summed E-state index contributed by atoms with van der Waals surface area (Å²) in [6.45, 7) is 3.28. The van der Waals surface area contributed by atoms with Gasteiger partial charge in [-0.25, -0.2) is 9.67 Å². The third kappa shape index (κ3) is 1.61. The lowest BCUT2D eigenvalue weighted by atomic mass is 9.90. The smallest absolute Gasteiger partial charge is 0.226 e. The molecule has 0 aromatic carbocycles. The van der Waals surface area contributed by atoms with Crippen molar-refractivity contribution in [3.8, 4) is 0 Å². The topological polar surface area (TPSA) is 69.6 Å². The zero-order valence-corrected chi connectivity index (χ0v) is 10.0. The van der Waals surface area contributed by atoms with Crippen molar-refractivity contribution in [3.05, 3.63) is 11.0 Å².